The SMILES string of the molecule is COC1CNC(Cl)CC1C1CC(C)NCC1C(=O)NC1NC2CN(C(=O)C3CCC(C(F)(F)F)C(C)N3)CC2S1. The predicted octanol–water partition coefficient (Wildman–Crippen LogP) is 1.42. The number of halogens is 4. The first kappa shape index (κ1) is 30.6. The standard InChI is InChI=1S/C26H42ClF3N6O3S/c1-12-6-14(15-7-22(27)32-9-20(15)39-3)16(8-31-12)23(37)35-25-34-19-10-36(11-21(19)40-25)24(38)18-5-4-17(13(2)33-18)26(28,29)30/h12-22,25,31-34H,4-11H2,1-3H3,(H,35,37). The van der Waals surface area contributed by atoms with Gasteiger partial charge in [0.1, 0.15) is 5.50 Å². The number of amides is 2. The first-order valence-corrected chi connectivity index (χ1v) is 15.8. The summed E-state index contributed by atoms with van der Waals surface area (Å²) in [5, 5.41) is 16.4. The number of ether oxygens (including phenoxy) is 1. The molecule has 5 aliphatic heterocycles. The van der Waals surface area contributed by atoms with E-state index < -0.39 is 24.2 Å². The maximum atomic E-state index is 13.6. The summed E-state index contributed by atoms with van der Waals surface area (Å²) in [4.78, 5) is 28.4. The van der Waals surface area contributed by atoms with Crippen molar-refractivity contribution in [2.24, 2.45) is 23.7 Å². The van der Waals surface area contributed by atoms with Gasteiger partial charge in [0.25, 0.3) is 0 Å². The van der Waals surface area contributed by atoms with E-state index in [1.165, 1.54) is 6.92 Å². The van der Waals surface area contributed by atoms with Crippen LogP contribution in [-0.2, 0) is 14.3 Å². The van der Waals surface area contributed by atoms with Crippen molar-refractivity contribution in [3.05, 3.63) is 0 Å². The molecular formula is C26H42ClF3N6O3S. The van der Waals surface area contributed by atoms with Gasteiger partial charge in [-0.15, -0.1) is 23.4 Å². The summed E-state index contributed by atoms with van der Waals surface area (Å²) in [6.07, 6.45) is -2.50. The highest BCUT2D eigenvalue weighted by atomic mass is 35.5. The number of nitrogens with zero attached hydrogens (tertiary/aromatic N) is 1. The minimum Gasteiger partial charge on any atom is -0.380 e. The lowest BCUT2D eigenvalue weighted by atomic mass is 9.70. The average molecular weight is 611 g/mol. The van der Waals surface area contributed by atoms with Crippen LogP contribution in [0.25, 0.3) is 0 Å². The molecule has 5 heterocycles. The molecule has 40 heavy (non-hydrogen) atoms. The van der Waals surface area contributed by atoms with Gasteiger partial charge in [0.05, 0.1) is 29.5 Å². The molecule has 228 valence electrons. The van der Waals surface area contributed by atoms with Gasteiger partial charge < -0.3 is 25.6 Å². The molecule has 12 unspecified atom stereocenters. The molecule has 5 aliphatic rings. The van der Waals surface area contributed by atoms with E-state index in [1.807, 2.05) is 0 Å². The smallest absolute Gasteiger partial charge is 0.380 e. The number of methoxy groups -OCH3 is 1. The maximum Gasteiger partial charge on any atom is 0.393 e. The Bertz CT molecular complexity index is 923. The van der Waals surface area contributed by atoms with Crippen LogP contribution >= 0.6 is 23.4 Å². The third-order valence-electron chi connectivity index (χ3n) is 9.60. The van der Waals surface area contributed by atoms with E-state index in [-0.39, 0.29) is 70.8 Å². The van der Waals surface area contributed by atoms with Crippen molar-refractivity contribution in [3.63, 3.8) is 0 Å². The van der Waals surface area contributed by atoms with Crippen molar-refractivity contribution in [2.45, 2.75) is 92.2 Å². The first-order chi connectivity index (χ1) is 18.9. The molecule has 5 saturated heterocycles. The topological polar surface area (TPSA) is 107 Å². The van der Waals surface area contributed by atoms with Gasteiger partial charge in [-0.3, -0.25) is 20.2 Å². The van der Waals surface area contributed by atoms with Gasteiger partial charge in [-0.05, 0) is 51.4 Å². The highest BCUT2D eigenvalue weighted by Crippen LogP contribution is 2.39. The van der Waals surface area contributed by atoms with E-state index in [4.69, 9.17) is 16.3 Å². The van der Waals surface area contributed by atoms with Crippen molar-refractivity contribution >= 4 is 35.2 Å². The third-order valence-corrected chi connectivity index (χ3v) is 11.3. The summed E-state index contributed by atoms with van der Waals surface area (Å²) in [6, 6.07) is -1.07. The van der Waals surface area contributed by atoms with Crippen LogP contribution in [-0.4, -0.2) is 103 Å². The average Bonchev–Trinajstić information content (AvgIpc) is 3.46. The lowest BCUT2D eigenvalue weighted by Crippen LogP contribution is -2.58. The number of hydrogen-bond acceptors (Lipinski definition) is 8. The highest BCUT2D eigenvalue weighted by molar-refractivity contribution is 8.00. The van der Waals surface area contributed by atoms with Gasteiger partial charge in [-0.1, -0.05) is 0 Å². The minimum atomic E-state index is -4.26. The molecule has 14 heteroatoms. The van der Waals surface area contributed by atoms with E-state index in [1.54, 1.807) is 23.8 Å². The van der Waals surface area contributed by atoms with Crippen molar-refractivity contribution in [3.8, 4) is 0 Å². The Kier molecular flexibility index (Phi) is 9.51. The predicted molar refractivity (Wildman–Crippen MR) is 148 cm³/mol. The van der Waals surface area contributed by atoms with Gasteiger partial charge in [-0.2, -0.15) is 13.2 Å². The van der Waals surface area contributed by atoms with E-state index in [2.05, 4.69) is 33.5 Å². The summed E-state index contributed by atoms with van der Waals surface area (Å²) < 4.78 is 45.4. The Morgan fingerprint density at radius 2 is 1.82 bits per heavy atom. The molecule has 0 aliphatic carbocycles. The van der Waals surface area contributed by atoms with Crippen LogP contribution in [0.2, 0.25) is 0 Å². The molecule has 9 nitrogen and oxygen atoms in total. The molecule has 0 aromatic heterocycles. The zero-order valence-electron chi connectivity index (χ0n) is 23.2. The number of piperidine rings is 3. The Balaban J connectivity index is 1.14. The Morgan fingerprint density at radius 1 is 1.05 bits per heavy atom. The second-order valence-corrected chi connectivity index (χ2v) is 14.1. The second kappa shape index (κ2) is 12.4. The molecule has 5 N–H and O–H groups in total. The molecule has 2 amide bonds. The van der Waals surface area contributed by atoms with Gasteiger partial charge in [-0.25, -0.2) is 0 Å². The molecule has 0 bridgehead atoms. The van der Waals surface area contributed by atoms with Crippen LogP contribution in [0.3, 0.4) is 0 Å². The van der Waals surface area contributed by atoms with Crippen LogP contribution in [0.1, 0.15) is 39.5 Å². The molecule has 0 aromatic carbocycles. The largest absolute Gasteiger partial charge is 0.393 e. The molecule has 0 spiro atoms. The monoisotopic (exact) mass is 610 g/mol. The fourth-order valence-corrected chi connectivity index (χ4v) is 9.12. The number of fused-ring (bicyclic) bond motifs is 1. The Labute approximate surface area is 243 Å². The van der Waals surface area contributed by atoms with Gasteiger partial charge >= 0.3 is 6.18 Å². The molecule has 0 aromatic rings. The van der Waals surface area contributed by atoms with E-state index in [0.717, 1.165) is 12.8 Å². The van der Waals surface area contributed by atoms with Crippen molar-refractivity contribution in [1.82, 2.24) is 31.5 Å². The van der Waals surface area contributed by atoms with Crippen molar-refractivity contribution in [2.75, 3.05) is 33.3 Å². The van der Waals surface area contributed by atoms with E-state index in [9.17, 15) is 22.8 Å². The van der Waals surface area contributed by atoms with Crippen LogP contribution in [0.5, 0.6) is 0 Å². The fourth-order valence-electron chi connectivity index (χ4n) is 7.42. The van der Waals surface area contributed by atoms with Crippen LogP contribution in [0, 0.1) is 23.7 Å². The number of thioether (sulfide) groups is 1. The number of alkyl halides is 4. The number of carbonyl (C=O) groups is 2. The third kappa shape index (κ3) is 6.55. The van der Waals surface area contributed by atoms with E-state index in [0.29, 0.717) is 32.2 Å². The number of hydrogen-bond donors (Lipinski definition) is 5. The van der Waals surface area contributed by atoms with Gasteiger partial charge in [0.2, 0.25) is 11.8 Å². The van der Waals surface area contributed by atoms with E-state index >= 15 is 0 Å². The number of nitrogens with one attached hydrogen (secondary N) is 5. The zero-order chi connectivity index (χ0) is 28.8. The summed E-state index contributed by atoms with van der Waals surface area (Å²) in [5.41, 5.74) is -0.396. The first-order valence-electron chi connectivity index (χ1n) is 14.4. The summed E-state index contributed by atoms with van der Waals surface area (Å²) >= 11 is 8.06. The molecule has 5 fully saturated rings. The zero-order valence-corrected chi connectivity index (χ0v) is 24.7. The fraction of sp³-hybridized carbons (Fsp3) is 0.923. The van der Waals surface area contributed by atoms with Crippen molar-refractivity contribution in [1.29, 1.82) is 0 Å². The summed E-state index contributed by atoms with van der Waals surface area (Å²) in [5.74, 6) is -1.44. The van der Waals surface area contributed by atoms with Gasteiger partial charge in [0.15, 0.2) is 0 Å². The minimum absolute atomic E-state index is 0.00132. The summed E-state index contributed by atoms with van der Waals surface area (Å²) in [7, 11) is 1.71. The van der Waals surface area contributed by atoms with Crippen molar-refractivity contribution < 1.29 is 27.5 Å². The second-order valence-electron chi connectivity index (χ2n) is 12.2. The Morgan fingerprint density at radius 3 is 2.50 bits per heavy atom. The van der Waals surface area contributed by atoms with Crippen LogP contribution < -0.4 is 26.6 Å². The molecule has 0 radical (unpaired) electrons. The molecule has 0 saturated carbocycles. The van der Waals surface area contributed by atoms with Crippen LogP contribution in [0.15, 0.2) is 0 Å². The van der Waals surface area contributed by atoms with Crippen LogP contribution in [0.4, 0.5) is 13.2 Å². The maximum absolute atomic E-state index is 13.6. The quantitative estimate of drug-likeness (QED) is 0.235. The number of likely N-dealkylation sites (tertiary alicyclic amines) is 1. The number of carbonyl (C=O) groups excluding carboxylic acids is 2. The Hall–Kier alpha value is -0.830. The highest BCUT2D eigenvalue weighted by Gasteiger charge is 2.50. The lowest BCUT2D eigenvalue weighted by Gasteiger charge is -2.45. The molecule has 5 rings (SSSR count). The van der Waals surface area contributed by atoms with Gasteiger partial charge in [0, 0.05) is 56.7 Å². The summed E-state index contributed by atoms with van der Waals surface area (Å²) in [6.45, 7) is 5.89. The normalized spacial score (nSPS) is 44.3. The number of rotatable bonds is 5. The molecular weight excluding hydrogens is 569 g/mol. The molecule has 12 atom stereocenters. The lowest BCUT2D eigenvalue weighted by molar-refractivity contribution is -0.189.